The van der Waals surface area contributed by atoms with Crippen molar-refractivity contribution in [2.24, 2.45) is 5.92 Å². The lowest BCUT2D eigenvalue weighted by Gasteiger charge is -2.20. The summed E-state index contributed by atoms with van der Waals surface area (Å²) in [7, 11) is 0. The first kappa shape index (κ1) is 12.5. The summed E-state index contributed by atoms with van der Waals surface area (Å²) < 4.78 is 5.75. The molecule has 0 bridgehead atoms. The third kappa shape index (κ3) is 2.44. The summed E-state index contributed by atoms with van der Waals surface area (Å²) in [5, 5.41) is 3.74. The van der Waals surface area contributed by atoms with Crippen molar-refractivity contribution in [2.45, 2.75) is 36.8 Å². The lowest BCUT2D eigenvalue weighted by atomic mass is 9.99. The molecular weight excluding hydrogens is 242 g/mol. The van der Waals surface area contributed by atoms with E-state index >= 15 is 0 Å². The Morgan fingerprint density at radius 2 is 2.28 bits per heavy atom. The predicted molar refractivity (Wildman–Crippen MR) is 76.0 cm³/mol. The fraction of sp³-hybridized carbons (Fsp3) is 0.600. The molecule has 0 aromatic heterocycles. The molecule has 0 aliphatic carbocycles. The van der Waals surface area contributed by atoms with Gasteiger partial charge < -0.3 is 10.1 Å². The molecule has 1 saturated heterocycles. The van der Waals surface area contributed by atoms with Crippen LogP contribution in [0.3, 0.4) is 0 Å². The zero-order valence-electron chi connectivity index (χ0n) is 10.9. The van der Waals surface area contributed by atoms with E-state index in [2.05, 4.69) is 36.5 Å². The Labute approximate surface area is 113 Å². The SMILES string of the molecule is CCC1OCCC1CNC1CSc2ccccc21. The standard InChI is InChI=1S/C15H21NOS/c1-2-14-11(7-8-17-14)9-16-13-10-18-15-6-4-3-5-12(13)15/h3-6,11,13-14,16H,2,7-10H2,1H3. The molecule has 2 nitrogen and oxygen atoms in total. The summed E-state index contributed by atoms with van der Waals surface area (Å²) in [4.78, 5) is 1.45. The summed E-state index contributed by atoms with van der Waals surface area (Å²) in [5.74, 6) is 1.87. The number of benzene rings is 1. The van der Waals surface area contributed by atoms with Gasteiger partial charge in [0, 0.05) is 29.8 Å². The highest BCUT2D eigenvalue weighted by Gasteiger charge is 2.28. The minimum absolute atomic E-state index is 0.474. The average molecular weight is 263 g/mol. The van der Waals surface area contributed by atoms with Crippen LogP contribution in [0.4, 0.5) is 0 Å². The van der Waals surface area contributed by atoms with Crippen LogP contribution in [0, 0.1) is 5.92 Å². The minimum Gasteiger partial charge on any atom is -0.378 e. The Morgan fingerprint density at radius 1 is 1.39 bits per heavy atom. The molecule has 98 valence electrons. The van der Waals surface area contributed by atoms with Crippen molar-refractivity contribution in [1.82, 2.24) is 5.32 Å². The largest absolute Gasteiger partial charge is 0.378 e. The van der Waals surface area contributed by atoms with Crippen molar-refractivity contribution < 1.29 is 4.74 Å². The fourth-order valence-corrected chi connectivity index (χ4v) is 4.20. The fourth-order valence-electron chi connectivity index (χ4n) is 3.00. The number of nitrogens with one attached hydrogen (secondary N) is 1. The van der Waals surface area contributed by atoms with Crippen LogP contribution in [0.2, 0.25) is 0 Å². The molecule has 2 aliphatic rings. The van der Waals surface area contributed by atoms with Gasteiger partial charge in [-0.05, 0) is 30.4 Å². The van der Waals surface area contributed by atoms with Gasteiger partial charge in [0.1, 0.15) is 0 Å². The molecule has 18 heavy (non-hydrogen) atoms. The molecule has 3 atom stereocenters. The van der Waals surface area contributed by atoms with Crippen molar-refractivity contribution in [2.75, 3.05) is 18.9 Å². The van der Waals surface area contributed by atoms with E-state index in [1.807, 2.05) is 11.8 Å². The van der Waals surface area contributed by atoms with E-state index in [0.29, 0.717) is 18.1 Å². The lowest BCUT2D eigenvalue weighted by Crippen LogP contribution is -2.31. The lowest BCUT2D eigenvalue weighted by molar-refractivity contribution is 0.0868. The van der Waals surface area contributed by atoms with E-state index in [1.54, 1.807) is 0 Å². The molecule has 1 N–H and O–H groups in total. The van der Waals surface area contributed by atoms with E-state index < -0.39 is 0 Å². The van der Waals surface area contributed by atoms with Crippen LogP contribution in [0.15, 0.2) is 29.2 Å². The second kappa shape index (κ2) is 5.64. The molecule has 3 unspecified atom stereocenters. The van der Waals surface area contributed by atoms with Crippen LogP contribution in [-0.4, -0.2) is 25.0 Å². The maximum atomic E-state index is 5.75. The van der Waals surface area contributed by atoms with Gasteiger partial charge in [0.05, 0.1) is 6.10 Å². The Morgan fingerprint density at radius 3 is 3.17 bits per heavy atom. The summed E-state index contributed by atoms with van der Waals surface area (Å²) in [6.45, 7) is 4.27. The van der Waals surface area contributed by atoms with Crippen molar-refractivity contribution in [3.05, 3.63) is 29.8 Å². The number of hydrogen-bond donors (Lipinski definition) is 1. The van der Waals surface area contributed by atoms with Crippen molar-refractivity contribution in [1.29, 1.82) is 0 Å². The molecule has 2 aliphatic heterocycles. The van der Waals surface area contributed by atoms with Crippen LogP contribution < -0.4 is 5.32 Å². The molecule has 1 aromatic rings. The quantitative estimate of drug-likeness (QED) is 0.901. The second-order valence-electron chi connectivity index (χ2n) is 5.18. The average Bonchev–Trinajstić information content (AvgIpc) is 3.02. The van der Waals surface area contributed by atoms with Gasteiger partial charge in [-0.1, -0.05) is 25.1 Å². The van der Waals surface area contributed by atoms with Gasteiger partial charge in [-0.15, -0.1) is 11.8 Å². The maximum Gasteiger partial charge on any atom is 0.0613 e. The van der Waals surface area contributed by atoms with E-state index in [4.69, 9.17) is 4.74 Å². The first-order chi connectivity index (χ1) is 8.88. The van der Waals surface area contributed by atoms with Crippen molar-refractivity contribution >= 4 is 11.8 Å². The zero-order valence-corrected chi connectivity index (χ0v) is 11.7. The third-order valence-corrected chi connectivity index (χ3v) is 5.26. The van der Waals surface area contributed by atoms with E-state index in [1.165, 1.54) is 22.6 Å². The zero-order chi connectivity index (χ0) is 12.4. The van der Waals surface area contributed by atoms with Gasteiger partial charge in [0.2, 0.25) is 0 Å². The molecule has 0 radical (unpaired) electrons. The third-order valence-electron chi connectivity index (χ3n) is 4.08. The molecule has 1 aromatic carbocycles. The van der Waals surface area contributed by atoms with E-state index in [-0.39, 0.29) is 0 Å². The normalized spacial score (nSPS) is 30.6. The highest BCUT2D eigenvalue weighted by Crippen LogP contribution is 2.38. The van der Waals surface area contributed by atoms with Gasteiger partial charge >= 0.3 is 0 Å². The number of hydrogen-bond acceptors (Lipinski definition) is 3. The molecule has 3 heteroatoms. The summed E-state index contributed by atoms with van der Waals surface area (Å²) in [5.41, 5.74) is 1.48. The maximum absolute atomic E-state index is 5.75. The molecule has 3 rings (SSSR count). The number of ether oxygens (including phenoxy) is 1. The van der Waals surface area contributed by atoms with Gasteiger partial charge in [0.15, 0.2) is 0 Å². The first-order valence-electron chi connectivity index (χ1n) is 6.95. The minimum atomic E-state index is 0.474. The smallest absolute Gasteiger partial charge is 0.0613 e. The van der Waals surface area contributed by atoms with Crippen molar-refractivity contribution in [3.8, 4) is 0 Å². The van der Waals surface area contributed by atoms with Crippen LogP contribution >= 0.6 is 11.8 Å². The Balaban J connectivity index is 1.58. The molecule has 2 heterocycles. The Kier molecular flexibility index (Phi) is 3.92. The van der Waals surface area contributed by atoms with E-state index in [0.717, 1.165) is 19.6 Å². The van der Waals surface area contributed by atoms with Crippen LogP contribution in [0.25, 0.3) is 0 Å². The Hall–Kier alpha value is -0.510. The van der Waals surface area contributed by atoms with Gasteiger partial charge in [-0.3, -0.25) is 0 Å². The number of rotatable bonds is 4. The summed E-state index contributed by atoms with van der Waals surface area (Å²) in [6, 6.07) is 9.30. The van der Waals surface area contributed by atoms with Crippen LogP contribution in [-0.2, 0) is 4.74 Å². The van der Waals surface area contributed by atoms with E-state index in [9.17, 15) is 0 Å². The molecular formula is C15H21NOS. The monoisotopic (exact) mass is 263 g/mol. The van der Waals surface area contributed by atoms with Gasteiger partial charge in [0.25, 0.3) is 0 Å². The predicted octanol–water partition coefficient (Wildman–Crippen LogP) is 3.24. The Bertz CT molecular complexity index is 409. The molecule has 0 saturated carbocycles. The number of fused-ring (bicyclic) bond motifs is 1. The highest BCUT2D eigenvalue weighted by atomic mass is 32.2. The highest BCUT2D eigenvalue weighted by molar-refractivity contribution is 7.99. The summed E-state index contributed by atoms with van der Waals surface area (Å²) in [6.07, 6.45) is 2.83. The van der Waals surface area contributed by atoms with Crippen LogP contribution in [0.1, 0.15) is 31.4 Å². The second-order valence-corrected chi connectivity index (χ2v) is 6.24. The summed E-state index contributed by atoms with van der Waals surface area (Å²) >= 11 is 1.97. The van der Waals surface area contributed by atoms with Crippen molar-refractivity contribution in [3.63, 3.8) is 0 Å². The molecule has 0 spiro atoms. The molecule has 0 amide bonds. The van der Waals surface area contributed by atoms with Gasteiger partial charge in [-0.2, -0.15) is 0 Å². The topological polar surface area (TPSA) is 21.3 Å². The first-order valence-corrected chi connectivity index (χ1v) is 7.93. The van der Waals surface area contributed by atoms with Gasteiger partial charge in [-0.25, -0.2) is 0 Å². The number of thioether (sulfide) groups is 1. The molecule has 1 fully saturated rings. The van der Waals surface area contributed by atoms with Crippen LogP contribution in [0.5, 0.6) is 0 Å².